The lowest BCUT2D eigenvalue weighted by Gasteiger charge is -2.15. The number of hydrogen-bond donors (Lipinski definition) is 1. The van der Waals surface area contributed by atoms with Crippen LogP contribution in [0.15, 0.2) is 18.2 Å². The highest BCUT2D eigenvalue weighted by molar-refractivity contribution is 5.76. The number of halogens is 3. The van der Waals surface area contributed by atoms with Gasteiger partial charge >= 0.3 is 12.1 Å². The summed E-state index contributed by atoms with van der Waals surface area (Å²) in [5.41, 5.74) is -0.141. The predicted octanol–water partition coefficient (Wildman–Crippen LogP) is 2.12. The molecule has 1 heterocycles. The van der Waals surface area contributed by atoms with Crippen molar-refractivity contribution in [1.29, 1.82) is 0 Å². The summed E-state index contributed by atoms with van der Waals surface area (Å²) in [5.74, 6) is -4.50. The van der Waals surface area contributed by atoms with E-state index in [1.165, 1.54) is 19.1 Å². The summed E-state index contributed by atoms with van der Waals surface area (Å²) >= 11 is 0. The molecule has 3 nitrogen and oxygen atoms in total. The van der Waals surface area contributed by atoms with Crippen molar-refractivity contribution in [2.24, 2.45) is 0 Å². The fourth-order valence-corrected chi connectivity index (χ4v) is 1.16. The van der Waals surface area contributed by atoms with Gasteiger partial charge in [-0.05, 0) is 19.1 Å². The van der Waals surface area contributed by atoms with E-state index in [0.29, 0.717) is 5.69 Å². The molecule has 0 saturated heterocycles. The van der Waals surface area contributed by atoms with Crippen LogP contribution in [0.5, 0.6) is 0 Å². The minimum atomic E-state index is -4.83. The number of pyridine rings is 1. The summed E-state index contributed by atoms with van der Waals surface area (Å²) in [6.07, 6.45) is -4.83. The molecule has 0 fully saturated rings. The summed E-state index contributed by atoms with van der Waals surface area (Å²) < 4.78 is 37.1. The molecule has 0 spiro atoms. The van der Waals surface area contributed by atoms with Crippen LogP contribution in [0.3, 0.4) is 0 Å². The second-order valence-corrected chi connectivity index (χ2v) is 3.02. The number of aliphatic carboxylic acids is 1. The molecule has 1 rings (SSSR count). The molecule has 0 aliphatic rings. The normalized spacial score (nSPS) is 13.6. The Hall–Kier alpha value is -1.59. The van der Waals surface area contributed by atoms with Gasteiger partial charge in [-0.25, -0.2) is 0 Å². The first-order chi connectivity index (χ1) is 6.82. The first-order valence-electron chi connectivity index (χ1n) is 4.05. The van der Waals surface area contributed by atoms with Gasteiger partial charge in [-0.1, -0.05) is 6.07 Å². The van der Waals surface area contributed by atoms with Crippen molar-refractivity contribution >= 4 is 5.97 Å². The average molecular weight is 219 g/mol. The number of carboxylic acids is 1. The maximum Gasteiger partial charge on any atom is 0.407 e. The maximum atomic E-state index is 12.4. The molecular formula is C9H8F3NO2. The van der Waals surface area contributed by atoms with Gasteiger partial charge in [0.05, 0.1) is 5.69 Å². The third kappa shape index (κ3) is 2.68. The molecule has 0 bridgehead atoms. The fraction of sp³-hybridized carbons (Fsp3) is 0.333. The molecule has 0 aliphatic heterocycles. The van der Waals surface area contributed by atoms with E-state index in [9.17, 15) is 18.0 Å². The lowest BCUT2D eigenvalue weighted by atomic mass is 10.0. The van der Waals surface area contributed by atoms with Crippen molar-refractivity contribution in [3.63, 3.8) is 0 Å². The zero-order chi connectivity index (χ0) is 11.6. The van der Waals surface area contributed by atoms with Gasteiger partial charge in [0.15, 0.2) is 5.92 Å². The van der Waals surface area contributed by atoms with Crippen molar-refractivity contribution < 1.29 is 23.1 Å². The lowest BCUT2D eigenvalue weighted by molar-refractivity contribution is -0.177. The molecule has 0 amide bonds. The monoisotopic (exact) mass is 219 g/mol. The van der Waals surface area contributed by atoms with Crippen LogP contribution in [-0.4, -0.2) is 22.2 Å². The first kappa shape index (κ1) is 11.5. The van der Waals surface area contributed by atoms with Crippen molar-refractivity contribution in [3.8, 4) is 0 Å². The standard InChI is InChI=1S/C9H8F3NO2/c1-5-3-2-4-6(13-5)7(8(14)15)9(10,11)12/h2-4,7H,1H3,(H,14,15). The molecule has 0 saturated carbocycles. The summed E-state index contributed by atoms with van der Waals surface area (Å²) in [6.45, 7) is 1.50. The summed E-state index contributed by atoms with van der Waals surface area (Å²) in [4.78, 5) is 14.1. The van der Waals surface area contributed by atoms with Gasteiger partial charge in [0, 0.05) is 5.69 Å². The average Bonchev–Trinajstić information content (AvgIpc) is 1.99. The Morgan fingerprint density at radius 1 is 1.47 bits per heavy atom. The van der Waals surface area contributed by atoms with Crippen molar-refractivity contribution in [1.82, 2.24) is 4.98 Å². The lowest BCUT2D eigenvalue weighted by Crippen LogP contribution is -2.29. The van der Waals surface area contributed by atoms with Gasteiger partial charge in [0.1, 0.15) is 0 Å². The Kier molecular flexibility index (Phi) is 2.97. The van der Waals surface area contributed by atoms with Gasteiger partial charge in [-0.15, -0.1) is 0 Å². The molecule has 1 atom stereocenters. The minimum absolute atomic E-state index is 0.350. The highest BCUT2D eigenvalue weighted by Crippen LogP contribution is 2.33. The Bertz CT molecular complexity index is 376. The largest absolute Gasteiger partial charge is 0.480 e. The first-order valence-corrected chi connectivity index (χ1v) is 4.05. The van der Waals surface area contributed by atoms with Crippen LogP contribution in [0.4, 0.5) is 13.2 Å². The van der Waals surface area contributed by atoms with E-state index in [-0.39, 0.29) is 0 Å². The molecule has 1 aromatic heterocycles. The van der Waals surface area contributed by atoms with Gasteiger partial charge < -0.3 is 5.11 Å². The number of nitrogens with zero attached hydrogens (tertiary/aromatic N) is 1. The number of carboxylic acid groups (broad SMARTS) is 1. The molecule has 15 heavy (non-hydrogen) atoms. The Labute approximate surface area is 83.6 Å². The van der Waals surface area contributed by atoms with Crippen LogP contribution >= 0.6 is 0 Å². The van der Waals surface area contributed by atoms with Gasteiger partial charge in [0.25, 0.3) is 0 Å². The molecule has 0 aromatic carbocycles. The van der Waals surface area contributed by atoms with Crippen LogP contribution in [0, 0.1) is 6.92 Å². The summed E-state index contributed by atoms with van der Waals surface area (Å²) in [5, 5.41) is 8.49. The SMILES string of the molecule is Cc1cccc(C(C(=O)O)C(F)(F)F)n1. The molecule has 6 heteroatoms. The zero-order valence-corrected chi connectivity index (χ0v) is 7.75. The smallest absolute Gasteiger partial charge is 0.407 e. The van der Waals surface area contributed by atoms with Gasteiger partial charge in [-0.3, -0.25) is 9.78 Å². The van der Waals surface area contributed by atoms with Crippen LogP contribution in [0.1, 0.15) is 17.3 Å². The highest BCUT2D eigenvalue weighted by atomic mass is 19.4. The van der Waals surface area contributed by atoms with Crippen molar-refractivity contribution in [2.75, 3.05) is 0 Å². The second-order valence-electron chi connectivity index (χ2n) is 3.02. The Balaban J connectivity index is 3.16. The van der Waals surface area contributed by atoms with Crippen molar-refractivity contribution in [3.05, 3.63) is 29.6 Å². The molecule has 0 radical (unpaired) electrons. The Morgan fingerprint density at radius 2 is 2.07 bits per heavy atom. The summed E-state index contributed by atoms with van der Waals surface area (Å²) in [6, 6.07) is 3.90. The van der Waals surface area contributed by atoms with E-state index in [0.717, 1.165) is 6.07 Å². The third-order valence-electron chi connectivity index (χ3n) is 1.78. The second kappa shape index (κ2) is 3.88. The maximum absolute atomic E-state index is 12.4. The fourth-order valence-electron chi connectivity index (χ4n) is 1.16. The molecule has 1 aromatic rings. The van der Waals surface area contributed by atoms with Crippen LogP contribution < -0.4 is 0 Å². The zero-order valence-electron chi connectivity index (χ0n) is 7.75. The number of rotatable bonds is 2. The van der Waals surface area contributed by atoms with E-state index < -0.39 is 23.8 Å². The highest BCUT2D eigenvalue weighted by Gasteiger charge is 2.47. The third-order valence-corrected chi connectivity index (χ3v) is 1.78. The number of alkyl halides is 3. The predicted molar refractivity (Wildman–Crippen MR) is 45.4 cm³/mol. The molecule has 1 N–H and O–H groups in total. The van der Waals surface area contributed by atoms with Crippen LogP contribution in [0.2, 0.25) is 0 Å². The van der Waals surface area contributed by atoms with E-state index in [1.54, 1.807) is 0 Å². The van der Waals surface area contributed by atoms with Crippen molar-refractivity contribution in [2.45, 2.75) is 19.0 Å². The van der Waals surface area contributed by atoms with E-state index in [4.69, 9.17) is 5.11 Å². The molecular weight excluding hydrogens is 211 g/mol. The number of carbonyl (C=O) groups is 1. The number of aromatic nitrogens is 1. The van der Waals surface area contributed by atoms with E-state index >= 15 is 0 Å². The van der Waals surface area contributed by atoms with Gasteiger partial charge in [0.2, 0.25) is 0 Å². The number of hydrogen-bond acceptors (Lipinski definition) is 2. The minimum Gasteiger partial charge on any atom is -0.480 e. The van der Waals surface area contributed by atoms with Crippen LogP contribution in [-0.2, 0) is 4.79 Å². The van der Waals surface area contributed by atoms with Crippen LogP contribution in [0.25, 0.3) is 0 Å². The van der Waals surface area contributed by atoms with Gasteiger partial charge in [-0.2, -0.15) is 13.2 Å². The van der Waals surface area contributed by atoms with E-state index in [2.05, 4.69) is 4.98 Å². The number of aryl methyl sites for hydroxylation is 1. The summed E-state index contributed by atoms with van der Waals surface area (Å²) in [7, 11) is 0. The van der Waals surface area contributed by atoms with E-state index in [1.807, 2.05) is 0 Å². The quantitative estimate of drug-likeness (QED) is 0.828. The molecule has 82 valence electrons. The topological polar surface area (TPSA) is 50.2 Å². The molecule has 0 aliphatic carbocycles. The Morgan fingerprint density at radius 3 is 2.47 bits per heavy atom. The molecule has 1 unspecified atom stereocenters.